The highest BCUT2D eigenvalue weighted by Crippen LogP contribution is 2.77. The van der Waals surface area contributed by atoms with Gasteiger partial charge in [0, 0.05) is 15.4 Å². The summed E-state index contributed by atoms with van der Waals surface area (Å²) in [4.78, 5) is 18.5. The predicted octanol–water partition coefficient (Wildman–Crippen LogP) is 7.91. The maximum absolute atomic E-state index is 13.0. The lowest BCUT2D eigenvalue weighted by molar-refractivity contribution is -0.245. The van der Waals surface area contributed by atoms with E-state index in [1.165, 1.54) is 25.7 Å². The predicted molar refractivity (Wildman–Crippen MR) is 156 cm³/mol. The van der Waals surface area contributed by atoms with Crippen molar-refractivity contribution >= 4 is 21.1 Å². The molecule has 0 heterocycles. The molecule has 0 amide bonds. The van der Waals surface area contributed by atoms with Crippen molar-refractivity contribution in [3.63, 3.8) is 0 Å². The number of carbonyl (C=O) groups is 1. The van der Waals surface area contributed by atoms with Gasteiger partial charge in [-0.1, -0.05) is 52.4 Å². The van der Waals surface area contributed by atoms with Crippen LogP contribution in [-0.2, 0) is 14.2 Å². The molecule has 0 aromatic heterocycles. The van der Waals surface area contributed by atoms with E-state index in [0.29, 0.717) is 35.9 Å². The standard InChI is InChI=1S/C32H52NO4P/c1-8-19-36-33-20(2)21-11-16-32(27(34)35)18-17-30(6)22(26(21)32)9-10-24-29(5)14-13-25(37-38)28(3,4)23(29)12-15-31(24,30)7/h8,21-26H,1,9-19,38H2,2-7H3,(H,34,35)/b33-20-/t21-,22?,23?,24?,25-,26?,29-,30+,31+,32-/m0/s1. The molecule has 5 nitrogen and oxygen atoms in total. The van der Waals surface area contributed by atoms with E-state index in [9.17, 15) is 9.90 Å². The van der Waals surface area contributed by atoms with E-state index in [1.807, 2.05) is 0 Å². The third-order valence-corrected chi connectivity index (χ3v) is 14.2. The normalized spacial score (nSPS) is 49.7. The van der Waals surface area contributed by atoms with Gasteiger partial charge in [0.25, 0.3) is 0 Å². The van der Waals surface area contributed by atoms with Crippen LogP contribution in [0.15, 0.2) is 17.8 Å². The Morgan fingerprint density at radius 3 is 2.37 bits per heavy atom. The van der Waals surface area contributed by atoms with Gasteiger partial charge in [0.2, 0.25) is 0 Å². The second kappa shape index (κ2) is 9.57. The SMILES string of the molecule is C=CCO/N=C(/C)[C@@H]1CC[C@]2(C(=O)O)CC[C@]3(C)C(CCC4[C@@]5(C)CC[C@H](OP)C(C)(C)C5CC[C@]43C)C12. The van der Waals surface area contributed by atoms with Gasteiger partial charge < -0.3 is 14.5 Å². The molecule has 5 rings (SSSR count). The molecule has 0 saturated heterocycles. The quantitative estimate of drug-likeness (QED) is 0.121. The van der Waals surface area contributed by atoms with Gasteiger partial charge in [-0.25, -0.2) is 0 Å². The van der Waals surface area contributed by atoms with Gasteiger partial charge in [0.1, 0.15) is 6.61 Å². The number of fused-ring (bicyclic) bond motifs is 7. The first-order valence-corrected chi connectivity index (χ1v) is 15.7. The van der Waals surface area contributed by atoms with Crippen LogP contribution in [0.1, 0.15) is 106 Å². The van der Waals surface area contributed by atoms with Gasteiger partial charge in [-0.2, -0.15) is 0 Å². The summed E-state index contributed by atoms with van der Waals surface area (Å²) >= 11 is 0. The van der Waals surface area contributed by atoms with E-state index < -0.39 is 11.4 Å². The third kappa shape index (κ3) is 3.69. The molecule has 38 heavy (non-hydrogen) atoms. The van der Waals surface area contributed by atoms with Crippen LogP contribution >= 0.6 is 9.47 Å². The lowest BCUT2D eigenvalue weighted by Crippen LogP contribution is -2.67. The first-order chi connectivity index (χ1) is 17.8. The number of oxime groups is 1. The van der Waals surface area contributed by atoms with Gasteiger partial charge in [-0.15, -0.1) is 0 Å². The van der Waals surface area contributed by atoms with Crippen LogP contribution in [-0.4, -0.2) is 29.5 Å². The number of carboxylic acids is 1. The van der Waals surface area contributed by atoms with Crippen molar-refractivity contribution < 1.29 is 19.3 Å². The van der Waals surface area contributed by atoms with E-state index in [-0.39, 0.29) is 28.1 Å². The number of aliphatic carboxylic acids is 1. The fourth-order valence-corrected chi connectivity index (χ4v) is 12.4. The monoisotopic (exact) mass is 545 g/mol. The van der Waals surface area contributed by atoms with Gasteiger partial charge in [0.15, 0.2) is 0 Å². The van der Waals surface area contributed by atoms with Gasteiger partial charge in [0.05, 0.1) is 17.2 Å². The lowest BCUT2D eigenvalue weighted by atomic mass is 9.32. The Morgan fingerprint density at radius 1 is 0.974 bits per heavy atom. The molecule has 5 aliphatic rings. The molecule has 0 aromatic rings. The second-order valence-electron chi connectivity index (χ2n) is 15.1. The third-order valence-electron chi connectivity index (χ3n) is 13.9. The molecule has 6 heteroatoms. The first-order valence-electron chi connectivity index (χ1n) is 15.2. The minimum atomic E-state index is -0.620. The Kier molecular flexibility index (Phi) is 7.20. The van der Waals surface area contributed by atoms with Crippen LogP contribution in [0.2, 0.25) is 0 Å². The van der Waals surface area contributed by atoms with Crippen molar-refractivity contribution in [3.05, 3.63) is 12.7 Å². The van der Waals surface area contributed by atoms with Crippen LogP contribution < -0.4 is 0 Å². The smallest absolute Gasteiger partial charge is 0.309 e. The minimum Gasteiger partial charge on any atom is -0.481 e. The summed E-state index contributed by atoms with van der Waals surface area (Å²) in [5.74, 6) is 1.47. The maximum atomic E-state index is 13.0. The van der Waals surface area contributed by atoms with Crippen LogP contribution in [0.5, 0.6) is 0 Å². The first kappa shape index (κ1) is 28.6. The summed E-state index contributed by atoms with van der Waals surface area (Å²) in [5.41, 5.74) is 1.17. The van der Waals surface area contributed by atoms with Gasteiger partial charge in [-0.3, -0.25) is 4.79 Å². The molecule has 5 aliphatic carbocycles. The molecule has 0 radical (unpaired) electrons. The summed E-state index contributed by atoms with van der Waals surface area (Å²) in [6.45, 7) is 18.9. The highest BCUT2D eigenvalue weighted by atomic mass is 31.0. The summed E-state index contributed by atoms with van der Waals surface area (Å²) in [6, 6.07) is 0. The fourth-order valence-electron chi connectivity index (χ4n) is 11.9. The molecular weight excluding hydrogens is 493 g/mol. The Hall–Kier alpha value is -0.930. The van der Waals surface area contributed by atoms with Crippen molar-refractivity contribution in [2.24, 2.45) is 61.8 Å². The van der Waals surface area contributed by atoms with E-state index in [0.717, 1.165) is 44.2 Å². The van der Waals surface area contributed by atoms with Crippen molar-refractivity contribution in [1.82, 2.24) is 0 Å². The molecule has 0 aromatic carbocycles. The van der Waals surface area contributed by atoms with E-state index >= 15 is 0 Å². The van der Waals surface area contributed by atoms with E-state index in [2.05, 4.69) is 62.7 Å². The average Bonchev–Trinajstić information content (AvgIpc) is 3.25. The maximum Gasteiger partial charge on any atom is 0.309 e. The second-order valence-corrected chi connectivity index (χ2v) is 15.4. The van der Waals surface area contributed by atoms with E-state index in [4.69, 9.17) is 9.36 Å². The van der Waals surface area contributed by atoms with Crippen molar-refractivity contribution in [3.8, 4) is 0 Å². The molecule has 1 N–H and O–H groups in total. The Bertz CT molecular complexity index is 996. The highest BCUT2D eigenvalue weighted by Gasteiger charge is 2.72. The molecule has 0 aliphatic heterocycles. The molecule has 5 saturated carbocycles. The summed E-state index contributed by atoms with van der Waals surface area (Å²) in [7, 11) is 2.55. The number of hydrogen-bond donors (Lipinski definition) is 1. The number of carboxylic acid groups (broad SMARTS) is 1. The number of rotatable bonds is 6. The zero-order valence-corrected chi connectivity index (χ0v) is 25.9. The number of nitrogens with zero attached hydrogens (tertiary/aromatic N) is 1. The van der Waals surface area contributed by atoms with Crippen LogP contribution in [0, 0.1) is 56.7 Å². The average molecular weight is 546 g/mol. The molecule has 0 spiro atoms. The molecule has 5 unspecified atom stereocenters. The Labute approximate surface area is 233 Å². The van der Waals surface area contributed by atoms with Crippen LogP contribution in [0.3, 0.4) is 0 Å². The van der Waals surface area contributed by atoms with E-state index in [1.54, 1.807) is 6.08 Å². The molecule has 0 bridgehead atoms. The molecule has 5 fully saturated rings. The van der Waals surface area contributed by atoms with Crippen molar-refractivity contribution in [2.45, 2.75) is 112 Å². The largest absolute Gasteiger partial charge is 0.481 e. The fraction of sp³-hybridized carbons (Fsp3) is 0.875. The van der Waals surface area contributed by atoms with Crippen LogP contribution in [0.4, 0.5) is 0 Å². The topological polar surface area (TPSA) is 68.1 Å². The van der Waals surface area contributed by atoms with Gasteiger partial charge >= 0.3 is 5.97 Å². The van der Waals surface area contributed by atoms with Crippen molar-refractivity contribution in [1.29, 1.82) is 0 Å². The Balaban J connectivity index is 1.52. The summed E-state index contributed by atoms with van der Waals surface area (Å²) < 4.78 is 5.95. The molecule has 11 atom stereocenters. The van der Waals surface area contributed by atoms with Crippen molar-refractivity contribution in [2.75, 3.05) is 6.61 Å². The molecule has 214 valence electrons. The summed E-state index contributed by atoms with van der Waals surface area (Å²) in [6.07, 6.45) is 12.7. The zero-order chi connectivity index (χ0) is 27.7. The van der Waals surface area contributed by atoms with Gasteiger partial charge in [-0.05, 0) is 116 Å². The number of hydrogen-bond acceptors (Lipinski definition) is 4. The lowest BCUT2D eigenvalue weighted by Gasteiger charge is -2.72. The minimum absolute atomic E-state index is 0.135. The Morgan fingerprint density at radius 2 is 1.71 bits per heavy atom. The zero-order valence-electron chi connectivity index (χ0n) is 24.7. The summed E-state index contributed by atoms with van der Waals surface area (Å²) in [5, 5.41) is 15.2. The highest BCUT2D eigenvalue weighted by molar-refractivity contribution is 7.09. The van der Waals surface area contributed by atoms with Crippen LogP contribution in [0.25, 0.3) is 0 Å². The molecular formula is C32H52NO4P.